The summed E-state index contributed by atoms with van der Waals surface area (Å²) in [5.41, 5.74) is 2.26. The van der Waals surface area contributed by atoms with Crippen LogP contribution in [0.25, 0.3) is 0 Å². The fourth-order valence-corrected chi connectivity index (χ4v) is 1.61. The van der Waals surface area contributed by atoms with Gasteiger partial charge < -0.3 is 15.5 Å². The number of hydrogen-bond acceptors (Lipinski definition) is 4. The van der Waals surface area contributed by atoms with Crippen molar-refractivity contribution in [2.24, 2.45) is 4.99 Å². The van der Waals surface area contributed by atoms with E-state index in [4.69, 9.17) is 0 Å². The van der Waals surface area contributed by atoms with Gasteiger partial charge in [-0.2, -0.15) is 0 Å². The second-order valence-electron chi connectivity index (χ2n) is 4.30. The second-order valence-corrected chi connectivity index (χ2v) is 4.30. The zero-order valence-electron chi connectivity index (χ0n) is 10.4. The zero-order valence-corrected chi connectivity index (χ0v) is 11.2. The van der Waals surface area contributed by atoms with Gasteiger partial charge in [0.25, 0.3) is 0 Å². The van der Waals surface area contributed by atoms with Crippen LogP contribution in [-0.2, 0) is 0 Å². The number of nitrogens with zero attached hydrogens (tertiary/aromatic N) is 2. The number of hydrogen-bond donors (Lipinski definition) is 2. The van der Waals surface area contributed by atoms with Crippen LogP contribution < -0.4 is 15.5 Å². The lowest BCUT2D eigenvalue weighted by Gasteiger charge is -2.13. The smallest absolute Gasteiger partial charge is 0.196 e. The van der Waals surface area contributed by atoms with Gasteiger partial charge in [-0.3, -0.25) is 4.99 Å². The fourth-order valence-electron chi connectivity index (χ4n) is 1.61. The first-order valence-corrected chi connectivity index (χ1v) is 5.50. The molecule has 1 aromatic carbocycles. The van der Waals surface area contributed by atoms with Gasteiger partial charge in [0.1, 0.15) is 0 Å². The standard InChI is InChI=1S/C12H18N4.ClH/c1-9-8-13-12(14-9)15-10-4-6-11(7-5-10)16(2)3;/h4-7,9H,8H2,1-3H3,(H2,13,14,15);1H. The van der Waals surface area contributed by atoms with E-state index in [1.54, 1.807) is 0 Å². The van der Waals surface area contributed by atoms with E-state index >= 15 is 0 Å². The Kier molecular flexibility index (Phi) is 4.63. The van der Waals surface area contributed by atoms with Crippen molar-refractivity contribution in [2.45, 2.75) is 13.0 Å². The maximum absolute atomic E-state index is 4.35. The molecule has 1 unspecified atom stereocenters. The molecule has 1 heterocycles. The van der Waals surface area contributed by atoms with Crippen LogP contribution in [0.4, 0.5) is 11.4 Å². The number of guanidine groups is 1. The van der Waals surface area contributed by atoms with Crippen LogP contribution >= 0.6 is 12.4 Å². The molecule has 2 N–H and O–H groups in total. The predicted molar refractivity (Wildman–Crippen MR) is 76.5 cm³/mol. The van der Waals surface area contributed by atoms with E-state index in [2.05, 4.69) is 51.7 Å². The van der Waals surface area contributed by atoms with Gasteiger partial charge in [0, 0.05) is 31.5 Å². The van der Waals surface area contributed by atoms with Crippen molar-refractivity contribution in [1.82, 2.24) is 5.32 Å². The summed E-state index contributed by atoms with van der Waals surface area (Å²) in [6.07, 6.45) is 0. The molecule has 0 amide bonds. The van der Waals surface area contributed by atoms with E-state index in [-0.39, 0.29) is 12.4 Å². The number of nitrogens with one attached hydrogen (secondary N) is 2. The Balaban J connectivity index is 0.00000144. The maximum atomic E-state index is 4.35. The number of rotatable bonds is 2. The molecule has 0 spiro atoms. The highest BCUT2D eigenvalue weighted by Crippen LogP contribution is 2.15. The Labute approximate surface area is 109 Å². The van der Waals surface area contributed by atoms with E-state index in [1.165, 1.54) is 5.69 Å². The molecule has 1 aromatic rings. The average Bonchev–Trinajstić information content (AvgIpc) is 2.65. The quantitative estimate of drug-likeness (QED) is 0.847. The van der Waals surface area contributed by atoms with Crippen LogP contribution in [0.2, 0.25) is 0 Å². The van der Waals surface area contributed by atoms with E-state index in [9.17, 15) is 0 Å². The highest BCUT2D eigenvalue weighted by molar-refractivity contribution is 5.95. The van der Waals surface area contributed by atoms with E-state index in [1.807, 2.05) is 14.1 Å². The fraction of sp³-hybridized carbons (Fsp3) is 0.417. The number of halogens is 1. The minimum atomic E-state index is 0. The largest absolute Gasteiger partial charge is 0.378 e. The molecule has 2 rings (SSSR count). The molecule has 0 saturated heterocycles. The minimum absolute atomic E-state index is 0. The first kappa shape index (κ1) is 13.6. The molecule has 0 saturated carbocycles. The summed E-state index contributed by atoms with van der Waals surface area (Å²) in [5, 5.41) is 6.53. The molecule has 0 aliphatic carbocycles. The van der Waals surface area contributed by atoms with Gasteiger partial charge in [0.2, 0.25) is 0 Å². The lowest BCUT2D eigenvalue weighted by molar-refractivity contribution is 0.725. The summed E-state index contributed by atoms with van der Waals surface area (Å²) in [4.78, 5) is 6.43. The van der Waals surface area contributed by atoms with Crippen molar-refractivity contribution >= 4 is 29.7 Å². The van der Waals surface area contributed by atoms with E-state index in [0.29, 0.717) is 6.04 Å². The van der Waals surface area contributed by atoms with Gasteiger partial charge in [0.05, 0.1) is 6.54 Å². The van der Waals surface area contributed by atoms with Crippen LogP contribution in [0.15, 0.2) is 29.3 Å². The van der Waals surface area contributed by atoms with Gasteiger partial charge in [0.15, 0.2) is 5.96 Å². The Morgan fingerprint density at radius 2 is 1.94 bits per heavy atom. The topological polar surface area (TPSA) is 39.7 Å². The molecule has 0 aromatic heterocycles. The lowest BCUT2D eigenvalue weighted by atomic mass is 10.2. The molecule has 1 atom stereocenters. The molecular formula is C12H19ClN4. The van der Waals surface area contributed by atoms with Crippen molar-refractivity contribution in [3.05, 3.63) is 24.3 Å². The number of benzene rings is 1. The zero-order chi connectivity index (χ0) is 11.5. The van der Waals surface area contributed by atoms with Crippen LogP contribution in [0.1, 0.15) is 6.92 Å². The lowest BCUT2D eigenvalue weighted by Crippen LogP contribution is -2.32. The number of anilines is 2. The Bertz CT molecular complexity index is 386. The highest BCUT2D eigenvalue weighted by Gasteiger charge is 2.11. The third-order valence-corrected chi connectivity index (χ3v) is 2.55. The molecule has 0 bridgehead atoms. The average molecular weight is 255 g/mol. The molecule has 0 fully saturated rings. The summed E-state index contributed by atoms with van der Waals surface area (Å²) in [7, 11) is 4.07. The Hall–Kier alpha value is -1.42. The number of aliphatic imine (C=N–C) groups is 1. The van der Waals surface area contributed by atoms with Crippen molar-refractivity contribution in [2.75, 3.05) is 30.9 Å². The molecule has 5 heteroatoms. The predicted octanol–water partition coefficient (Wildman–Crippen LogP) is 1.93. The molecular weight excluding hydrogens is 236 g/mol. The van der Waals surface area contributed by atoms with Crippen molar-refractivity contribution in [1.29, 1.82) is 0 Å². The summed E-state index contributed by atoms with van der Waals surface area (Å²) in [6.45, 7) is 2.96. The third-order valence-electron chi connectivity index (χ3n) is 2.55. The summed E-state index contributed by atoms with van der Waals surface area (Å²) in [5.74, 6) is 0.866. The SMILES string of the molecule is CC1CN=C(Nc2ccc(N(C)C)cc2)N1.Cl. The van der Waals surface area contributed by atoms with Crippen molar-refractivity contribution in [3.63, 3.8) is 0 Å². The third kappa shape index (κ3) is 3.53. The van der Waals surface area contributed by atoms with Crippen LogP contribution in [0.5, 0.6) is 0 Å². The minimum Gasteiger partial charge on any atom is -0.378 e. The van der Waals surface area contributed by atoms with Gasteiger partial charge >= 0.3 is 0 Å². The first-order valence-electron chi connectivity index (χ1n) is 5.50. The molecule has 17 heavy (non-hydrogen) atoms. The second kappa shape index (κ2) is 5.77. The monoisotopic (exact) mass is 254 g/mol. The molecule has 1 aliphatic heterocycles. The van der Waals surface area contributed by atoms with Crippen LogP contribution in [0, 0.1) is 0 Å². The highest BCUT2D eigenvalue weighted by atomic mass is 35.5. The van der Waals surface area contributed by atoms with E-state index < -0.39 is 0 Å². The maximum Gasteiger partial charge on any atom is 0.196 e. The van der Waals surface area contributed by atoms with Gasteiger partial charge in [-0.05, 0) is 31.2 Å². The Morgan fingerprint density at radius 1 is 1.29 bits per heavy atom. The van der Waals surface area contributed by atoms with Crippen LogP contribution in [0.3, 0.4) is 0 Å². The van der Waals surface area contributed by atoms with Crippen molar-refractivity contribution in [3.8, 4) is 0 Å². The molecule has 0 radical (unpaired) electrons. The summed E-state index contributed by atoms with van der Waals surface area (Å²) >= 11 is 0. The summed E-state index contributed by atoms with van der Waals surface area (Å²) in [6, 6.07) is 8.72. The van der Waals surface area contributed by atoms with Crippen molar-refractivity contribution < 1.29 is 0 Å². The van der Waals surface area contributed by atoms with Gasteiger partial charge in [-0.15, -0.1) is 12.4 Å². The molecule has 94 valence electrons. The van der Waals surface area contributed by atoms with Gasteiger partial charge in [-0.1, -0.05) is 0 Å². The normalized spacial score (nSPS) is 17.8. The first-order chi connectivity index (χ1) is 7.65. The summed E-state index contributed by atoms with van der Waals surface area (Å²) < 4.78 is 0. The van der Waals surface area contributed by atoms with E-state index in [0.717, 1.165) is 18.2 Å². The Morgan fingerprint density at radius 3 is 2.41 bits per heavy atom. The molecule has 1 aliphatic rings. The van der Waals surface area contributed by atoms with Crippen LogP contribution in [-0.4, -0.2) is 32.6 Å². The van der Waals surface area contributed by atoms with Gasteiger partial charge in [-0.25, -0.2) is 0 Å². The molecule has 4 nitrogen and oxygen atoms in total.